The number of aromatic nitrogens is 1. The Labute approximate surface area is 221 Å². The predicted molar refractivity (Wildman–Crippen MR) is 143 cm³/mol. The average molecular weight is 511 g/mol. The number of ether oxygens (including phenoxy) is 2. The van der Waals surface area contributed by atoms with Gasteiger partial charge in [0.25, 0.3) is 11.8 Å². The molecule has 0 aliphatic carbocycles. The molecule has 3 fully saturated rings. The predicted octanol–water partition coefficient (Wildman–Crippen LogP) is 3.29. The van der Waals surface area contributed by atoms with Crippen LogP contribution < -0.4 is 0 Å². The van der Waals surface area contributed by atoms with Crippen molar-refractivity contribution >= 4 is 28.6 Å². The van der Waals surface area contributed by atoms with E-state index in [1.807, 2.05) is 28.0 Å². The normalized spacial score (nSPS) is 25.4. The lowest BCUT2D eigenvalue weighted by molar-refractivity contribution is -0.148. The molecular weight excluding hydrogens is 480 g/mol. The number of nitrogens with zero attached hydrogens (tertiary/aromatic N) is 4. The van der Waals surface area contributed by atoms with Gasteiger partial charge >= 0.3 is 0 Å². The summed E-state index contributed by atoms with van der Waals surface area (Å²) in [6.07, 6.45) is 3.85. The number of hydrogen-bond donors (Lipinski definition) is 0. The lowest BCUT2D eigenvalue weighted by Crippen LogP contribution is -2.57. The molecule has 8 nitrogen and oxygen atoms in total. The summed E-state index contributed by atoms with van der Waals surface area (Å²) in [7, 11) is 0. The Morgan fingerprint density at radius 2 is 1.84 bits per heavy atom. The zero-order valence-corrected chi connectivity index (χ0v) is 21.2. The summed E-state index contributed by atoms with van der Waals surface area (Å²) >= 11 is 0. The second kappa shape index (κ2) is 9.29. The molecule has 1 unspecified atom stereocenters. The topological polar surface area (TPSA) is 84.3 Å². The Morgan fingerprint density at radius 3 is 2.61 bits per heavy atom. The number of carbonyl (C=O) groups is 2. The fourth-order valence-corrected chi connectivity index (χ4v) is 6.02. The van der Waals surface area contributed by atoms with Gasteiger partial charge in [0, 0.05) is 62.3 Å². The van der Waals surface area contributed by atoms with Crippen LogP contribution in [0.15, 0.2) is 65.8 Å². The maximum Gasteiger partial charge on any atom is 0.258 e. The molecule has 38 heavy (non-hydrogen) atoms. The fourth-order valence-electron chi connectivity index (χ4n) is 6.02. The number of amides is 2. The molecule has 194 valence electrons. The summed E-state index contributed by atoms with van der Waals surface area (Å²) in [5.74, 6) is 1.02. The molecule has 1 aromatic heterocycles. The van der Waals surface area contributed by atoms with Gasteiger partial charge in [-0.1, -0.05) is 42.5 Å². The van der Waals surface area contributed by atoms with Crippen molar-refractivity contribution < 1.29 is 19.1 Å². The molecule has 2 amide bonds. The molecule has 0 N–H and O–H groups in total. The van der Waals surface area contributed by atoms with E-state index >= 15 is 0 Å². The van der Waals surface area contributed by atoms with E-state index in [1.165, 1.54) is 0 Å². The maximum absolute atomic E-state index is 13.7. The number of hydrogen-bond acceptors (Lipinski definition) is 6. The number of amidine groups is 1. The molecule has 1 spiro atoms. The van der Waals surface area contributed by atoms with Gasteiger partial charge in [0.1, 0.15) is 11.9 Å². The van der Waals surface area contributed by atoms with Gasteiger partial charge in [-0.05, 0) is 36.1 Å². The Kier molecular flexibility index (Phi) is 5.74. The smallest absolute Gasteiger partial charge is 0.258 e. The van der Waals surface area contributed by atoms with E-state index in [0.717, 1.165) is 40.4 Å². The lowest BCUT2D eigenvalue weighted by atomic mass is 9.95. The van der Waals surface area contributed by atoms with Crippen molar-refractivity contribution in [1.82, 2.24) is 14.8 Å². The SMILES string of the molecule is O=C([C@H]1CCCO1)N1CC(CN2C(=O)C3(CCOC3)N=C2c2ccc(-c3ccc4cccnc4c3)cc2)C1. The van der Waals surface area contributed by atoms with Crippen LogP contribution in [0.25, 0.3) is 22.0 Å². The number of fused-ring (bicyclic) bond motifs is 1. The van der Waals surface area contributed by atoms with E-state index in [0.29, 0.717) is 51.7 Å². The zero-order valence-electron chi connectivity index (χ0n) is 21.2. The summed E-state index contributed by atoms with van der Waals surface area (Å²) in [5, 5.41) is 1.11. The number of carbonyl (C=O) groups excluding carboxylic acids is 2. The molecule has 5 heterocycles. The van der Waals surface area contributed by atoms with Crippen LogP contribution >= 0.6 is 0 Å². The summed E-state index contributed by atoms with van der Waals surface area (Å²) in [6.45, 7) is 3.37. The molecule has 0 radical (unpaired) electrons. The van der Waals surface area contributed by atoms with Crippen LogP contribution in [0, 0.1) is 5.92 Å². The largest absolute Gasteiger partial charge is 0.378 e. The quantitative estimate of drug-likeness (QED) is 0.526. The van der Waals surface area contributed by atoms with E-state index in [-0.39, 0.29) is 23.8 Å². The van der Waals surface area contributed by atoms with E-state index < -0.39 is 5.54 Å². The van der Waals surface area contributed by atoms with Crippen LogP contribution in [0.1, 0.15) is 24.8 Å². The van der Waals surface area contributed by atoms with Crippen LogP contribution in [0.3, 0.4) is 0 Å². The van der Waals surface area contributed by atoms with Crippen molar-refractivity contribution in [2.45, 2.75) is 30.9 Å². The van der Waals surface area contributed by atoms with Gasteiger partial charge in [-0.15, -0.1) is 0 Å². The lowest BCUT2D eigenvalue weighted by Gasteiger charge is -2.42. The van der Waals surface area contributed by atoms with Crippen molar-refractivity contribution in [2.75, 3.05) is 39.5 Å². The highest BCUT2D eigenvalue weighted by Gasteiger charge is 2.52. The van der Waals surface area contributed by atoms with Crippen molar-refractivity contribution in [2.24, 2.45) is 10.9 Å². The van der Waals surface area contributed by atoms with Gasteiger partial charge < -0.3 is 14.4 Å². The minimum absolute atomic E-state index is 0.0126. The first-order chi connectivity index (χ1) is 18.6. The monoisotopic (exact) mass is 510 g/mol. The highest BCUT2D eigenvalue weighted by Crippen LogP contribution is 2.35. The van der Waals surface area contributed by atoms with Crippen molar-refractivity contribution in [3.8, 4) is 11.1 Å². The van der Waals surface area contributed by atoms with Crippen LogP contribution in [-0.2, 0) is 19.1 Å². The Balaban J connectivity index is 1.11. The molecule has 3 saturated heterocycles. The maximum atomic E-state index is 13.7. The molecular formula is C30H30N4O4. The summed E-state index contributed by atoms with van der Waals surface area (Å²) in [5.41, 5.74) is 3.22. The average Bonchev–Trinajstić information content (AvgIpc) is 3.69. The molecule has 2 aromatic carbocycles. The number of likely N-dealkylation sites (tertiary alicyclic amines) is 1. The highest BCUT2D eigenvalue weighted by molar-refractivity contribution is 6.15. The van der Waals surface area contributed by atoms with Crippen molar-refractivity contribution in [3.63, 3.8) is 0 Å². The molecule has 7 rings (SSSR count). The van der Waals surface area contributed by atoms with Gasteiger partial charge in [0.05, 0.1) is 12.1 Å². The third-order valence-corrected chi connectivity index (χ3v) is 8.22. The van der Waals surface area contributed by atoms with Crippen molar-refractivity contribution in [3.05, 3.63) is 66.4 Å². The standard InChI is InChI=1S/C30H30N4O4/c35-28(26-4-2-13-38-26)33-16-20(17-33)18-34-27(32-30(29(34)36)11-14-37-19-30)23-8-5-21(6-9-23)24-10-7-22-3-1-12-31-25(22)15-24/h1,3,5-10,12,15,20,26H,2,4,11,13-14,16-19H2/t26-,30?/m1/s1. The van der Waals surface area contributed by atoms with E-state index in [2.05, 4.69) is 41.4 Å². The van der Waals surface area contributed by atoms with Gasteiger partial charge in [-0.2, -0.15) is 0 Å². The Hall–Kier alpha value is -3.62. The van der Waals surface area contributed by atoms with E-state index in [1.54, 1.807) is 6.20 Å². The second-order valence-electron chi connectivity index (χ2n) is 10.8. The molecule has 3 aromatic rings. The van der Waals surface area contributed by atoms with E-state index in [4.69, 9.17) is 14.5 Å². The van der Waals surface area contributed by atoms with Crippen LogP contribution in [0.5, 0.6) is 0 Å². The molecule has 0 saturated carbocycles. The first-order valence-corrected chi connectivity index (χ1v) is 13.5. The molecule has 0 bridgehead atoms. The molecule has 4 aliphatic rings. The van der Waals surface area contributed by atoms with Gasteiger partial charge in [-0.3, -0.25) is 19.5 Å². The molecule has 4 aliphatic heterocycles. The fraction of sp³-hybridized carbons (Fsp3) is 0.400. The zero-order chi connectivity index (χ0) is 25.7. The van der Waals surface area contributed by atoms with Crippen LogP contribution in [-0.4, -0.2) is 83.5 Å². The first-order valence-electron chi connectivity index (χ1n) is 13.5. The van der Waals surface area contributed by atoms with Gasteiger partial charge in [0.2, 0.25) is 0 Å². The number of benzene rings is 2. The van der Waals surface area contributed by atoms with E-state index in [9.17, 15) is 9.59 Å². The third-order valence-electron chi connectivity index (χ3n) is 8.22. The highest BCUT2D eigenvalue weighted by atomic mass is 16.5. The summed E-state index contributed by atoms with van der Waals surface area (Å²) in [6, 6.07) is 18.5. The number of rotatable bonds is 5. The minimum atomic E-state index is -0.824. The minimum Gasteiger partial charge on any atom is -0.378 e. The van der Waals surface area contributed by atoms with Crippen molar-refractivity contribution in [1.29, 1.82) is 0 Å². The van der Waals surface area contributed by atoms with Crippen LogP contribution in [0.4, 0.5) is 0 Å². The summed E-state index contributed by atoms with van der Waals surface area (Å²) < 4.78 is 11.2. The molecule has 8 heteroatoms. The van der Waals surface area contributed by atoms with Gasteiger partial charge in [-0.25, -0.2) is 4.99 Å². The third kappa shape index (κ3) is 3.99. The number of aliphatic imine (C=N–C) groups is 1. The second-order valence-corrected chi connectivity index (χ2v) is 10.8. The Morgan fingerprint density at radius 1 is 1.03 bits per heavy atom. The van der Waals surface area contributed by atoms with Gasteiger partial charge in [0.15, 0.2) is 5.54 Å². The Bertz CT molecular complexity index is 1420. The van der Waals surface area contributed by atoms with Crippen LogP contribution in [0.2, 0.25) is 0 Å². The first kappa shape index (κ1) is 23.5. The number of pyridine rings is 1. The molecule has 2 atom stereocenters. The summed E-state index contributed by atoms with van der Waals surface area (Å²) in [4.78, 5) is 39.5.